The van der Waals surface area contributed by atoms with Crippen LogP contribution in [0.1, 0.15) is 0 Å². The number of thioether (sulfide) groups is 1. The predicted molar refractivity (Wildman–Crippen MR) is 46.0 cm³/mol. The van der Waals surface area contributed by atoms with Gasteiger partial charge < -0.3 is 5.11 Å². The van der Waals surface area contributed by atoms with Gasteiger partial charge in [-0.3, -0.25) is 4.79 Å². The van der Waals surface area contributed by atoms with E-state index in [2.05, 4.69) is 0 Å². The normalized spacial score (nSPS) is 9.75. The Labute approximate surface area is 75.0 Å². The molecule has 0 saturated carbocycles. The monoisotopic (exact) mass is 184 g/mol. The minimum Gasteiger partial charge on any atom is -0.481 e. The zero-order valence-corrected chi connectivity index (χ0v) is 7.54. The lowest BCUT2D eigenvalue weighted by atomic mass is 10.5. The Morgan fingerprint density at radius 2 is 2.17 bits per heavy atom. The van der Waals surface area contributed by atoms with Crippen molar-refractivity contribution in [1.29, 1.82) is 0 Å². The molecule has 0 unspecified atom stereocenters. The molecule has 1 aromatic rings. The van der Waals surface area contributed by atoms with Gasteiger partial charge >= 0.3 is 5.97 Å². The van der Waals surface area contributed by atoms with E-state index >= 15 is 0 Å². The molecule has 0 fully saturated rings. The van der Waals surface area contributed by atoms with E-state index in [1.54, 1.807) is 0 Å². The maximum atomic E-state index is 10.2. The van der Waals surface area contributed by atoms with Gasteiger partial charge in [0.25, 0.3) is 0 Å². The van der Waals surface area contributed by atoms with Crippen molar-refractivity contribution in [1.82, 2.24) is 0 Å². The summed E-state index contributed by atoms with van der Waals surface area (Å²) in [6.45, 7) is 0. The first-order chi connectivity index (χ1) is 5.68. The standard InChI is InChI=1S/C8H9NO2S/c1-9-4-2-7(3-5-9)12-6-8(10)11/h2-5H,6H2,1H3/p+1. The SMILES string of the molecule is C[n+]1ccc(SCC(=O)O)cc1. The number of hydrogen-bond acceptors (Lipinski definition) is 2. The summed E-state index contributed by atoms with van der Waals surface area (Å²) in [5, 5.41) is 8.40. The summed E-state index contributed by atoms with van der Waals surface area (Å²) in [5.74, 6) is -0.665. The zero-order valence-electron chi connectivity index (χ0n) is 6.73. The second kappa shape index (κ2) is 4.11. The molecule has 0 bridgehead atoms. The maximum Gasteiger partial charge on any atom is 0.313 e. The summed E-state index contributed by atoms with van der Waals surface area (Å²) in [7, 11) is 1.92. The highest BCUT2D eigenvalue weighted by Crippen LogP contribution is 2.14. The third-order valence-electron chi connectivity index (χ3n) is 1.31. The number of carboxylic acids is 1. The molecule has 1 heterocycles. The van der Waals surface area contributed by atoms with Gasteiger partial charge in [-0.05, 0) is 0 Å². The molecule has 64 valence electrons. The fourth-order valence-electron chi connectivity index (χ4n) is 0.729. The molecule has 3 nitrogen and oxygen atoms in total. The van der Waals surface area contributed by atoms with Crippen molar-refractivity contribution >= 4 is 17.7 Å². The van der Waals surface area contributed by atoms with E-state index in [-0.39, 0.29) is 5.75 Å². The number of carbonyl (C=O) groups is 1. The maximum absolute atomic E-state index is 10.2. The molecule has 1 aromatic heterocycles. The third kappa shape index (κ3) is 2.92. The van der Waals surface area contributed by atoms with Crippen molar-refractivity contribution in [2.75, 3.05) is 5.75 Å². The highest BCUT2D eigenvalue weighted by Gasteiger charge is 2.00. The van der Waals surface area contributed by atoms with Crippen LogP contribution in [0, 0.1) is 0 Å². The quantitative estimate of drug-likeness (QED) is 0.555. The van der Waals surface area contributed by atoms with Gasteiger partial charge in [0.15, 0.2) is 12.4 Å². The summed E-state index contributed by atoms with van der Waals surface area (Å²) in [6.07, 6.45) is 3.79. The molecule has 0 aromatic carbocycles. The van der Waals surface area contributed by atoms with E-state index in [1.807, 2.05) is 36.1 Å². The smallest absolute Gasteiger partial charge is 0.313 e. The Kier molecular flexibility index (Phi) is 3.10. The van der Waals surface area contributed by atoms with Gasteiger partial charge in [0.1, 0.15) is 7.05 Å². The highest BCUT2D eigenvalue weighted by molar-refractivity contribution is 8.00. The molecule has 12 heavy (non-hydrogen) atoms. The van der Waals surface area contributed by atoms with E-state index in [9.17, 15) is 4.79 Å². The Morgan fingerprint density at radius 3 is 2.67 bits per heavy atom. The number of pyridine rings is 1. The van der Waals surface area contributed by atoms with Gasteiger partial charge in [0.2, 0.25) is 0 Å². The van der Waals surface area contributed by atoms with Crippen molar-refractivity contribution in [3.05, 3.63) is 24.5 Å². The summed E-state index contributed by atoms with van der Waals surface area (Å²) in [4.78, 5) is 11.2. The Bertz CT molecular complexity index is 271. The van der Waals surface area contributed by atoms with Crippen LogP contribution in [0.3, 0.4) is 0 Å². The van der Waals surface area contributed by atoms with Gasteiger partial charge in [0.05, 0.1) is 5.75 Å². The third-order valence-corrected chi connectivity index (χ3v) is 2.31. The molecular formula is C8H10NO2S+. The van der Waals surface area contributed by atoms with Gasteiger partial charge in [-0.25, -0.2) is 4.57 Å². The van der Waals surface area contributed by atoms with Crippen LogP contribution < -0.4 is 4.57 Å². The van der Waals surface area contributed by atoms with Gasteiger partial charge in [-0.1, -0.05) is 0 Å². The van der Waals surface area contributed by atoms with E-state index in [0.29, 0.717) is 0 Å². The molecule has 0 aliphatic rings. The number of aryl methyl sites for hydroxylation is 1. The van der Waals surface area contributed by atoms with Crippen molar-refractivity contribution in [3.63, 3.8) is 0 Å². The highest BCUT2D eigenvalue weighted by atomic mass is 32.2. The molecule has 0 radical (unpaired) electrons. The summed E-state index contributed by atoms with van der Waals surface area (Å²) in [5.41, 5.74) is 0. The van der Waals surface area contributed by atoms with Crippen molar-refractivity contribution in [2.24, 2.45) is 7.05 Å². The number of carboxylic acid groups (broad SMARTS) is 1. The number of rotatable bonds is 3. The zero-order chi connectivity index (χ0) is 8.97. The molecule has 0 aliphatic heterocycles. The van der Waals surface area contributed by atoms with Crippen LogP contribution in [0.5, 0.6) is 0 Å². The van der Waals surface area contributed by atoms with E-state index < -0.39 is 5.97 Å². The van der Waals surface area contributed by atoms with Crippen LogP contribution in [-0.2, 0) is 11.8 Å². The van der Waals surface area contributed by atoms with Crippen LogP contribution >= 0.6 is 11.8 Å². The van der Waals surface area contributed by atoms with Crippen LogP contribution in [0.2, 0.25) is 0 Å². The molecule has 1 rings (SSSR count). The Hall–Kier alpha value is -1.03. The minimum atomic E-state index is -0.784. The fourth-order valence-corrected chi connectivity index (χ4v) is 1.33. The molecule has 4 heteroatoms. The summed E-state index contributed by atoms with van der Waals surface area (Å²) < 4.78 is 1.91. The number of nitrogens with zero attached hydrogens (tertiary/aromatic N) is 1. The van der Waals surface area contributed by atoms with Gasteiger partial charge in [-0.15, -0.1) is 11.8 Å². The Morgan fingerprint density at radius 1 is 1.58 bits per heavy atom. The van der Waals surface area contributed by atoms with Gasteiger partial charge in [-0.2, -0.15) is 0 Å². The molecule has 0 aliphatic carbocycles. The average molecular weight is 184 g/mol. The van der Waals surface area contributed by atoms with E-state index in [1.165, 1.54) is 11.8 Å². The minimum absolute atomic E-state index is 0.119. The molecule has 0 spiro atoms. The molecule has 0 amide bonds. The first kappa shape index (κ1) is 9.06. The van der Waals surface area contributed by atoms with Crippen LogP contribution in [0.25, 0.3) is 0 Å². The number of aromatic nitrogens is 1. The summed E-state index contributed by atoms with van der Waals surface area (Å²) >= 11 is 1.32. The first-order valence-corrected chi connectivity index (χ1v) is 4.47. The van der Waals surface area contributed by atoms with Crippen LogP contribution in [-0.4, -0.2) is 16.8 Å². The first-order valence-electron chi connectivity index (χ1n) is 3.48. The van der Waals surface area contributed by atoms with Crippen LogP contribution in [0.4, 0.5) is 0 Å². The summed E-state index contributed by atoms with van der Waals surface area (Å²) in [6, 6.07) is 3.79. The average Bonchev–Trinajstić information content (AvgIpc) is 2.03. The predicted octanol–water partition coefficient (Wildman–Crippen LogP) is 0.688. The topological polar surface area (TPSA) is 41.2 Å². The lowest BCUT2D eigenvalue weighted by Crippen LogP contribution is -2.25. The van der Waals surface area contributed by atoms with E-state index in [0.717, 1.165) is 4.90 Å². The molecule has 1 N–H and O–H groups in total. The van der Waals surface area contributed by atoms with Crippen LogP contribution in [0.15, 0.2) is 29.4 Å². The van der Waals surface area contributed by atoms with Crippen molar-refractivity contribution < 1.29 is 14.5 Å². The second-order valence-electron chi connectivity index (χ2n) is 2.38. The van der Waals surface area contributed by atoms with Crippen molar-refractivity contribution in [3.8, 4) is 0 Å². The number of hydrogen-bond donors (Lipinski definition) is 1. The van der Waals surface area contributed by atoms with Gasteiger partial charge in [0, 0.05) is 17.0 Å². The lowest BCUT2D eigenvalue weighted by Gasteiger charge is -1.94. The fraction of sp³-hybridized carbons (Fsp3) is 0.250. The number of aliphatic carboxylic acids is 1. The Balaban J connectivity index is 2.53. The molecular weight excluding hydrogens is 174 g/mol. The molecule has 0 saturated heterocycles. The molecule has 0 atom stereocenters. The largest absolute Gasteiger partial charge is 0.481 e. The van der Waals surface area contributed by atoms with E-state index in [4.69, 9.17) is 5.11 Å². The lowest BCUT2D eigenvalue weighted by molar-refractivity contribution is -0.671. The van der Waals surface area contributed by atoms with Crippen molar-refractivity contribution in [2.45, 2.75) is 4.90 Å². The second-order valence-corrected chi connectivity index (χ2v) is 3.43.